The van der Waals surface area contributed by atoms with Crippen LogP contribution in [-0.4, -0.2) is 125 Å². The number of hydrogen-bond acceptors (Lipinski definition) is 13. The molecule has 1 aromatic carbocycles. The fraction of sp³-hybridized carbons (Fsp3) is 0.621. The maximum Gasteiger partial charge on any atom is 0.253 e. The molecule has 1 fully saturated rings. The topological polar surface area (TPSA) is 297 Å². The number of hydrogen-bond donors (Lipinski definition) is 11. The molecule has 0 bridgehead atoms. The van der Waals surface area contributed by atoms with E-state index in [1.54, 1.807) is 30.3 Å². The van der Waals surface area contributed by atoms with Gasteiger partial charge in [0.1, 0.15) is 42.5 Å². The Morgan fingerprint density at radius 2 is 1.45 bits per heavy atom. The second kappa shape index (κ2) is 19.2. The Morgan fingerprint density at radius 1 is 0.851 bits per heavy atom. The third kappa shape index (κ3) is 12.4. The number of nitrogens with one attached hydrogen (secondary N) is 5. The van der Waals surface area contributed by atoms with Gasteiger partial charge in [-0.2, -0.15) is 0 Å². The Hall–Kier alpha value is -3.75. The van der Waals surface area contributed by atoms with Crippen molar-refractivity contribution in [3.8, 4) is 0 Å². The summed E-state index contributed by atoms with van der Waals surface area (Å²) in [6.45, 7) is 3.20. The second-order valence-corrected chi connectivity index (χ2v) is 11.6. The largest absolute Gasteiger partial charge is 0.394 e. The zero-order valence-corrected chi connectivity index (χ0v) is 26.5. The molecule has 5 amide bonds. The van der Waals surface area contributed by atoms with Crippen molar-refractivity contribution in [2.75, 3.05) is 19.8 Å². The number of benzene rings is 1. The van der Waals surface area contributed by atoms with Crippen molar-refractivity contribution in [3.05, 3.63) is 35.9 Å². The lowest BCUT2D eigenvalue weighted by Gasteiger charge is -2.40. The van der Waals surface area contributed by atoms with E-state index in [2.05, 4.69) is 21.3 Å². The fourth-order valence-corrected chi connectivity index (χ4v) is 4.53. The van der Waals surface area contributed by atoms with Gasteiger partial charge in [0.2, 0.25) is 23.6 Å². The third-order valence-corrected chi connectivity index (χ3v) is 7.16. The van der Waals surface area contributed by atoms with Gasteiger partial charge in [0.05, 0.1) is 25.8 Å². The summed E-state index contributed by atoms with van der Waals surface area (Å²) in [5.74, 6) is 1.26. The molecular formula is C29H47N7O11. The molecule has 1 aromatic rings. The van der Waals surface area contributed by atoms with E-state index in [0.29, 0.717) is 5.56 Å². The van der Waals surface area contributed by atoms with Crippen LogP contribution >= 0.6 is 0 Å². The number of nitrogens with two attached hydrogens (primary N) is 2. The minimum absolute atomic E-state index is 0.0362. The average Bonchev–Trinajstić information content (AvgIpc) is 3.04. The van der Waals surface area contributed by atoms with E-state index in [-0.39, 0.29) is 18.8 Å². The molecule has 13 N–H and O–H groups in total. The minimum Gasteiger partial charge on any atom is -0.394 e. The van der Waals surface area contributed by atoms with Gasteiger partial charge in [-0.1, -0.05) is 44.2 Å². The lowest BCUT2D eigenvalue weighted by atomic mass is 9.99. The molecular weight excluding hydrogens is 622 g/mol. The number of carbonyl (C=O) groups is 5. The predicted molar refractivity (Wildman–Crippen MR) is 164 cm³/mol. The number of aliphatic hydroxyl groups is 4. The molecule has 47 heavy (non-hydrogen) atoms. The van der Waals surface area contributed by atoms with Crippen molar-refractivity contribution in [2.45, 2.75) is 88.5 Å². The summed E-state index contributed by atoms with van der Waals surface area (Å²) in [6, 6.07) is 3.68. The van der Waals surface area contributed by atoms with Crippen molar-refractivity contribution in [1.29, 1.82) is 0 Å². The van der Waals surface area contributed by atoms with Crippen molar-refractivity contribution in [1.82, 2.24) is 26.7 Å². The van der Waals surface area contributed by atoms with Crippen molar-refractivity contribution < 1.29 is 53.9 Å². The summed E-state index contributed by atoms with van der Waals surface area (Å²) in [5, 5.41) is 49.9. The van der Waals surface area contributed by atoms with Crippen LogP contribution in [-0.2, 0) is 39.9 Å². The maximum atomic E-state index is 13.6. The molecule has 0 aliphatic carbocycles. The first-order valence-electron chi connectivity index (χ1n) is 15.1. The summed E-state index contributed by atoms with van der Waals surface area (Å²) >= 11 is 0. The molecule has 0 radical (unpaired) electrons. The Kier molecular flexibility index (Phi) is 16.1. The first-order chi connectivity index (χ1) is 22.2. The van der Waals surface area contributed by atoms with Gasteiger partial charge in [-0.15, -0.1) is 0 Å². The zero-order chi connectivity index (χ0) is 35.3. The van der Waals surface area contributed by atoms with Crippen molar-refractivity contribution >= 4 is 29.5 Å². The molecule has 1 heterocycles. The number of carbonyl (C=O) groups excluding carboxylic acids is 5. The molecule has 1 saturated heterocycles. The van der Waals surface area contributed by atoms with Crippen LogP contribution in [0.1, 0.15) is 32.8 Å². The highest BCUT2D eigenvalue weighted by atomic mass is 16.7. The second-order valence-electron chi connectivity index (χ2n) is 11.6. The number of rotatable bonds is 17. The molecule has 1 unspecified atom stereocenters. The molecule has 1 aliphatic heterocycles. The lowest BCUT2D eigenvalue weighted by molar-refractivity contribution is -0.301. The van der Waals surface area contributed by atoms with Gasteiger partial charge < -0.3 is 56.9 Å². The normalized spacial score (nSPS) is 23.5. The Morgan fingerprint density at radius 3 is 2.02 bits per heavy atom. The van der Waals surface area contributed by atoms with E-state index in [0.717, 1.165) is 0 Å². The van der Waals surface area contributed by atoms with Gasteiger partial charge in [0.25, 0.3) is 5.91 Å². The molecule has 0 saturated carbocycles. The average molecular weight is 670 g/mol. The van der Waals surface area contributed by atoms with Crippen LogP contribution in [0.25, 0.3) is 0 Å². The van der Waals surface area contributed by atoms with Crippen LogP contribution in [0.3, 0.4) is 0 Å². The van der Waals surface area contributed by atoms with E-state index in [4.69, 9.17) is 21.1 Å². The summed E-state index contributed by atoms with van der Waals surface area (Å²) in [6.07, 6.45) is -7.94. The molecule has 18 heteroatoms. The highest BCUT2D eigenvalue weighted by Crippen LogP contribution is 2.22. The third-order valence-electron chi connectivity index (χ3n) is 7.16. The number of ether oxygens (including phenoxy) is 2. The standard InChI is InChI=1S/C29H47N7O11/c1-14(2)9-17(26(43)32-11-21(38)36-31)33-27(44)18(10-16-7-5-4-6-8-16)34-28(45)19(35-25(42)15(3)30)13-46-29-24(41)23(40)22(39)20(12-37)47-29/h4-8,14-15,17-20,22-24,29,37,39-41H,9-13,30-31H2,1-3H3,(H,32,43)(H,33,44)(H,34,45)(H,35,42)(H,36,38)/t15-,17-,18-,19-,20+,22-,23-,24+,29?/m0/s1. The first kappa shape index (κ1) is 39.4. The Bertz CT molecular complexity index is 1190. The molecule has 2 rings (SSSR count). The van der Waals surface area contributed by atoms with Crippen LogP contribution in [0.4, 0.5) is 0 Å². The van der Waals surface area contributed by atoms with Crippen LogP contribution in [0.15, 0.2) is 30.3 Å². The predicted octanol–water partition coefficient (Wildman–Crippen LogP) is -5.00. The van der Waals surface area contributed by atoms with Crippen molar-refractivity contribution in [2.24, 2.45) is 17.5 Å². The quantitative estimate of drug-likeness (QED) is 0.0421. The first-order valence-corrected chi connectivity index (χ1v) is 15.1. The molecule has 0 spiro atoms. The van der Waals surface area contributed by atoms with Gasteiger partial charge >= 0.3 is 0 Å². The van der Waals surface area contributed by atoms with E-state index >= 15 is 0 Å². The van der Waals surface area contributed by atoms with Gasteiger partial charge in [0, 0.05) is 6.42 Å². The van der Waals surface area contributed by atoms with Gasteiger partial charge in [-0.25, -0.2) is 5.84 Å². The summed E-state index contributed by atoms with van der Waals surface area (Å²) < 4.78 is 10.8. The van der Waals surface area contributed by atoms with Gasteiger partial charge in [-0.05, 0) is 24.8 Å². The van der Waals surface area contributed by atoms with Gasteiger partial charge in [-0.3, -0.25) is 29.4 Å². The molecule has 1 aliphatic rings. The smallest absolute Gasteiger partial charge is 0.253 e. The maximum absolute atomic E-state index is 13.6. The van der Waals surface area contributed by atoms with Crippen LogP contribution < -0.4 is 38.3 Å². The highest BCUT2D eigenvalue weighted by molar-refractivity contribution is 5.95. The summed E-state index contributed by atoms with van der Waals surface area (Å²) in [5.41, 5.74) is 8.20. The molecule has 264 valence electrons. The SMILES string of the molecule is CC(C)C[C@H](NC(=O)[C@H](Cc1ccccc1)NC(=O)[C@H](COC1O[C@H](CO)[C@H](O)[C@H](O)[C@H]1O)NC(=O)[C@H](C)N)C(=O)NCC(=O)NN. The Labute approximate surface area is 271 Å². The van der Waals surface area contributed by atoms with Gasteiger partial charge in [0.15, 0.2) is 6.29 Å². The fourth-order valence-electron chi connectivity index (χ4n) is 4.53. The summed E-state index contributed by atoms with van der Waals surface area (Å²) in [7, 11) is 0. The number of amides is 5. The van der Waals surface area contributed by atoms with Crippen LogP contribution in [0, 0.1) is 5.92 Å². The number of aliphatic hydroxyl groups excluding tert-OH is 4. The van der Waals surface area contributed by atoms with E-state index in [1.807, 2.05) is 19.3 Å². The Balaban J connectivity index is 2.30. The minimum atomic E-state index is -1.78. The van der Waals surface area contributed by atoms with Crippen molar-refractivity contribution in [3.63, 3.8) is 0 Å². The van der Waals surface area contributed by atoms with E-state index < -0.39 is 104 Å². The molecule has 18 nitrogen and oxygen atoms in total. The molecule has 0 aromatic heterocycles. The van der Waals surface area contributed by atoms with E-state index in [1.165, 1.54) is 6.92 Å². The lowest BCUT2D eigenvalue weighted by Crippen LogP contribution is -2.61. The van der Waals surface area contributed by atoms with Crippen LogP contribution in [0.2, 0.25) is 0 Å². The van der Waals surface area contributed by atoms with E-state index in [9.17, 15) is 44.4 Å². The number of hydrazine groups is 1. The monoisotopic (exact) mass is 669 g/mol. The highest BCUT2D eigenvalue weighted by Gasteiger charge is 2.44. The molecule has 9 atom stereocenters. The zero-order valence-electron chi connectivity index (χ0n) is 26.5. The van der Waals surface area contributed by atoms with Crippen LogP contribution in [0.5, 0.6) is 0 Å². The summed E-state index contributed by atoms with van der Waals surface area (Å²) in [4.78, 5) is 64.2.